The van der Waals surface area contributed by atoms with E-state index in [9.17, 15) is 0 Å². The highest BCUT2D eigenvalue weighted by Crippen LogP contribution is 2.35. The number of fused-ring (bicyclic) bond motifs is 4. The number of rotatable bonds is 4. The van der Waals surface area contributed by atoms with Crippen LogP contribution in [0.15, 0.2) is 60.4 Å². The number of hydrogen-bond acceptors (Lipinski definition) is 5. The Bertz CT molecular complexity index is 949. The minimum Gasteiger partial charge on any atom is -0.497 e. The molecule has 5 heteroatoms. The van der Waals surface area contributed by atoms with E-state index in [1.54, 1.807) is 7.11 Å². The zero-order chi connectivity index (χ0) is 18.9. The Kier molecular flexibility index (Phi) is 4.35. The molecule has 1 atom stereocenters. The van der Waals surface area contributed by atoms with Crippen LogP contribution in [0.2, 0.25) is 0 Å². The molecular weight excluding hydrogens is 354 g/mol. The second-order valence-corrected chi connectivity index (χ2v) is 7.16. The first-order valence-corrected chi connectivity index (χ1v) is 9.65. The molecule has 0 amide bonds. The van der Waals surface area contributed by atoms with Crippen molar-refractivity contribution in [3.05, 3.63) is 71.5 Å². The van der Waals surface area contributed by atoms with Crippen molar-refractivity contribution in [2.75, 3.05) is 33.4 Å². The van der Waals surface area contributed by atoms with E-state index in [0.29, 0.717) is 13.2 Å². The highest BCUT2D eigenvalue weighted by molar-refractivity contribution is 5.72. The van der Waals surface area contributed by atoms with Crippen LogP contribution in [-0.2, 0) is 11.2 Å². The normalized spacial score (nSPS) is 19.8. The minimum atomic E-state index is -0.116. The molecule has 1 unspecified atom stereocenters. The van der Waals surface area contributed by atoms with Gasteiger partial charge in [-0.25, -0.2) is 0 Å². The number of hydrogen-bond donors (Lipinski definition) is 0. The van der Waals surface area contributed by atoms with Crippen molar-refractivity contribution in [3.63, 3.8) is 0 Å². The third-order valence-electron chi connectivity index (χ3n) is 5.38. The van der Waals surface area contributed by atoms with Crippen LogP contribution in [0.3, 0.4) is 0 Å². The maximum Gasteiger partial charge on any atom is 0.166 e. The molecule has 3 aliphatic heterocycles. The van der Waals surface area contributed by atoms with Crippen molar-refractivity contribution in [3.8, 4) is 17.2 Å². The summed E-state index contributed by atoms with van der Waals surface area (Å²) in [6, 6.07) is 14.0. The fourth-order valence-corrected chi connectivity index (χ4v) is 3.89. The van der Waals surface area contributed by atoms with Crippen LogP contribution in [0.25, 0.3) is 5.70 Å². The van der Waals surface area contributed by atoms with E-state index in [0.717, 1.165) is 42.5 Å². The molecule has 0 saturated carbocycles. The first-order valence-electron chi connectivity index (χ1n) is 9.65. The third kappa shape index (κ3) is 3.17. The summed E-state index contributed by atoms with van der Waals surface area (Å²) in [7, 11) is 1.71. The van der Waals surface area contributed by atoms with E-state index < -0.39 is 0 Å². The van der Waals surface area contributed by atoms with Gasteiger partial charge in [-0.05, 0) is 48.4 Å². The lowest BCUT2D eigenvalue weighted by molar-refractivity contribution is 0.0337. The molecule has 0 spiro atoms. The predicted molar refractivity (Wildman–Crippen MR) is 107 cm³/mol. The first kappa shape index (κ1) is 17.0. The molecule has 5 rings (SSSR count). The summed E-state index contributed by atoms with van der Waals surface area (Å²) >= 11 is 0. The Morgan fingerprint density at radius 2 is 2.04 bits per heavy atom. The molecule has 0 N–H and O–H groups in total. The van der Waals surface area contributed by atoms with E-state index >= 15 is 0 Å². The van der Waals surface area contributed by atoms with E-state index in [4.69, 9.17) is 18.9 Å². The molecule has 3 aliphatic rings. The molecule has 0 saturated heterocycles. The molecule has 2 aromatic carbocycles. The van der Waals surface area contributed by atoms with Crippen LogP contribution in [0.4, 0.5) is 0 Å². The monoisotopic (exact) mass is 377 g/mol. The average Bonchev–Trinajstić information content (AvgIpc) is 2.76. The van der Waals surface area contributed by atoms with Crippen molar-refractivity contribution in [2.24, 2.45) is 0 Å². The van der Waals surface area contributed by atoms with Gasteiger partial charge in [-0.3, -0.25) is 0 Å². The van der Waals surface area contributed by atoms with Gasteiger partial charge in [0, 0.05) is 30.4 Å². The number of allylic oxidation sites excluding steroid dienone is 1. The number of para-hydroxylation sites is 2. The summed E-state index contributed by atoms with van der Waals surface area (Å²) in [5.74, 6) is 3.37. The maximum atomic E-state index is 6.07. The van der Waals surface area contributed by atoms with Crippen LogP contribution >= 0.6 is 0 Å². The third-order valence-corrected chi connectivity index (χ3v) is 5.38. The van der Waals surface area contributed by atoms with E-state index in [2.05, 4.69) is 29.2 Å². The van der Waals surface area contributed by atoms with Gasteiger partial charge >= 0.3 is 0 Å². The highest BCUT2D eigenvalue weighted by atomic mass is 16.6. The highest BCUT2D eigenvalue weighted by Gasteiger charge is 2.25. The van der Waals surface area contributed by atoms with Gasteiger partial charge in [0.05, 0.1) is 7.11 Å². The number of methoxy groups -OCH3 is 1. The van der Waals surface area contributed by atoms with E-state index in [1.165, 1.54) is 16.8 Å². The lowest BCUT2D eigenvalue weighted by atomic mass is 9.94. The van der Waals surface area contributed by atoms with Crippen molar-refractivity contribution in [1.82, 2.24) is 4.90 Å². The largest absolute Gasteiger partial charge is 0.497 e. The summed E-state index contributed by atoms with van der Waals surface area (Å²) in [5, 5.41) is 0. The summed E-state index contributed by atoms with van der Waals surface area (Å²) in [6.45, 7) is 2.82. The molecule has 2 aromatic rings. The van der Waals surface area contributed by atoms with Gasteiger partial charge in [-0.1, -0.05) is 12.1 Å². The summed E-state index contributed by atoms with van der Waals surface area (Å²) in [4.78, 5) is 2.39. The van der Waals surface area contributed by atoms with Gasteiger partial charge in [-0.2, -0.15) is 0 Å². The van der Waals surface area contributed by atoms with Crippen molar-refractivity contribution < 1.29 is 18.9 Å². The van der Waals surface area contributed by atoms with Gasteiger partial charge in [-0.15, -0.1) is 0 Å². The molecule has 5 nitrogen and oxygen atoms in total. The Labute approximate surface area is 164 Å². The molecule has 0 fully saturated rings. The number of ether oxygens (including phenoxy) is 4. The zero-order valence-corrected chi connectivity index (χ0v) is 15.9. The number of nitrogens with zero attached hydrogens (tertiary/aromatic N) is 1. The summed E-state index contributed by atoms with van der Waals surface area (Å²) in [5.41, 5.74) is 3.80. The molecule has 3 heterocycles. The topological polar surface area (TPSA) is 40.2 Å². The Morgan fingerprint density at radius 1 is 1.14 bits per heavy atom. The smallest absolute Gasteiger partial charge is 0.166 e. The Morgan fingerprint density at radius 3 is 2.93 bits per heavy atom. The van der Waals surface area contributed by atoms with Crippen molar-refractivity contribution in [1.29, 1.82) is 0 Å². The zero-order valence-electron chi connectivity index (χ0n) is 15.9. The lowest BCUT2D eigenvalue weighted by Gasteiger charge is -2.35. The van der Waals surface area contributed by atoms with Gasteiger partial charge in [0.2, 0.25) is 0 Å². The molecule has 0 aliphatic carbocycles. The van der Waals surface area contributed by atoms with Crippen LogP contribution in [0, 0.1) is 0 Å². The Balaban J connectivity index is 1.29. The van der Waals surface area contributed by atoms with Gasteiger partial charge in [0.25, 0.3) is 0 Å². The minimum absolute atomic E-state index is 0.116. The quantitative estimate of drug-likeness (QED) is 0.813. The molecule has 144 valence electrons. The van der Waals surface area contributed by atoms with Gasteiger partial charge < -0.3 is 23.8 Å². The van der Waals surface area contributed by atoms with Crippen molar-refractivity contribution in [2.45, 2.75) is 12.5 Å². The summed E-state index contributed by atoms with van der Waals surface area (Å²) in [6.07, 6.45) is 5.18. The average molecular weight is 377 g/mol. The maximum absolute atomic E-state index is 6.07. The fraction of sp³-hybridized carbons (Fsp3) is 0.304. The van der Waals surface area contributed by atoms with Crippen molar-refractivity contribution >= 4 is 5.70 Å². The summed E-state index contributed by atoms with van der Waals surface area (Å²) < 4.78 is 23.2. The molecule has 28 heavy (non-hydrogen) atoms. The van der Waals surface area contributed by atoms with Gasteiger partial charge in [0.1, 0.15) is 24.7 Å². The van der Waals surface area contributed by atoms with Gasteiger partial charge in [0.15, 0.2) is 17.6 Å². The second-order valence-electron chi connectivity index (χ2n) is 7.16. The SMILES string of the molecule is COc1ccc2c(c1)CCN1CC=C(OCC3COc4ccccc4O3)C=C21. The second kappa shape index (κ2) is 7.15. The van der Waals surface area contributed by atoms with Crippen LogP contribution in [0.5, 0.6) is 17.2 Å². The standard InChI is InChI=1S/C23H23NO4/c1-25-17-6-7-20-16(12-17)8-10-24-11-9-18(13-21(20)24)26-14-19-15-27-22-4-2-3-5-23(22)28-19/h2-7,9,12-13,19H,8,10-11,14-15H2,1H3. The number of benzene rings is 2. The van der Waals surface area contributed by atoms with Crippen LogP contribution in [-0.4, -0.2) is 44.4 Å². The lowest BCUT2D eigenvalue weighted by Crippen LogP contribution is -2.34. The fourth-order valence-electron chi connectivity index (χ4n) is 3.89. The molecule has 0 radical (unpaired) electrons. The van der Waals surface area contributed by atoms with E-state index in [-0.39, 0.29) is 6.10 Å². The van der Waals surface area contributed by atoms with Crippen LogP contribution in [0.1, 0.15) is 11.1 Å². The predicted octanol–water partition coefficient (Wildman–Crippen LogP) is 3.65. The van der Waals surface area contributed by atoms with Crippen LogP contribution < -0.4 is 14.2 Å². The molecular formula is C23H23NO4. The molecule has 0 bridgehead atoms. The van der Waals surface area contributed by atoms with E-state index in [1.807, 2.05) is 30.3 Å². The molecule has 0 aromatic heterocycles. The first-order chi connectivity index (χ1) is 13.8. The Hall–Kier alpha value is -3.08.